The van der Waals surface area contributed by atoms with Crippen molar-refractivity contribution in [3.05, 3.63) is 34.5 Å². The van der Waals surface area contributed by atoms with Crippen LogP contribution in [0.4, 0.5) is 0 Å². The molecular formula is C16H22N2O4. The molecule has 3 rings (SSSR count). The molecule has 1 aliphatic carbocycles. The third kappa shape index (κ3) is 2.66. The van der Waals surface area contributed by atoms with Gasteiger partial charge in [-0.2, -0.15) is 0 Å². The molecule has 22 heavy (non-hydrogen) atoms. The van der Waals surface area contributed by atoms with E-state index in [1.165, 1.54) is 0 Å². The van der Waals surface area contributed by atoms with E-state index in [1.807, 2.05) is 6.07 Å². The van der Waals surface area contributed by atoms with Gasteiger partial charge in [-0.1, -0.05) is 11.2 Å². The zero-order valence-corrected chi connectivity index (χ0v) is 13.0. The predicted octanol–water partition coefficient (Wildman–Crippen LogP) is 2.59. The van der Waals surface area contributed by atoms with Crippen molar-refractivity contribution in [2.75, 3.05) is 13.2 Å². The molecule has 1 saturated carbocycles. The molecule has 2 aliphatic rings. The van der Waals surface area contributed by atoms with Crippen molar-refractivity contribution >= 4 is 0 Å². The van der Waals surface area contributed by atoms with Gasteiger partial charge >= 0.3 is 0 Å². The summed E-state index contributed by atoms with van der Waals surface area (Å²) in [5.41, 5.74) is -0.399. The number of hydrogen-bond acceptors (Lipinski definition) is 6. The van der Waals surface area contributed by atoms with Crippen molar-refractivity contribution in [1.29, 1.82) is 0 Å². The van der Waals surface area contributed by atoms with E-state index in [0.29, 0.717) is 50.2 Å². The highest BCUT2D eigenvalue weighted by Gasteiger charge is 2.48. The molecule has 0 bridgehead atoms. The molecule has 6 heteroatoms. The molecule has 1 saturated heterocycles. The van der Waals surface area contributed by atoms with Crippen LogP contribution in [0.2, 0.25) is 0 Å². The van der Waals surface area contributed by atoms with Crippen molar-refractivity contribution in [2.45, 2.75) is 56.5 Å². The molecule has 0 amide bonds. The Morgan fingerprint density at radius 2 is 1.82 bits per heavy atom. The molecule has 0 radical (unpaired) electrons. The first-order valence-electron chi connectivity index (χ1n) is 7.71. The Labute approximate surface area is 129 Å². The third-order valence-electron chi connectivity index (χ3n) is 4.77. The number of aliphatic hydroxyl groups is 1. The summed E-state index contributed by atoms with van der Waals surface area (Å²) in [6, 6.07) is 3.60. The predicted molar refractivity (Wildman–Crippen MR) is 80.1 cm³/mol. The van der Waals surface area contributed by atoms with Gasteiger partial charge in [0, 0.05) is 24.6 Å². The van der Waals surface area contributed by atoms with Crippen LogP contribution in [-0.2, 0) is 20.6 Å². The second kappa shape index (κ2) is 5.37. The maximum absolute atomic E-state index is 11.5. The van der Waals surface area contributed by atoms with E-state index in [4.69, 9.17) is 9.47 Å². The Hall–Kier alpha value is -1.37. The van der Waals surface area contributed by atoms with E-state index in [1.54, 1.807) is 26.1 Å². The van der Waals surface area contributed by atoms with Crippen LogP contribution < -0.4 is 0 Å². The third-order valence-corrected chi connectivity index (χ3v) is 4.77. The van der Waals surface area contributed by atoms with Gasteiger partial charge in [0.2, 0.25) is 0 Å². The van der Waals surface area contributed by atoms with Gasteiger partial charge in [-0.3, -0.25) is 4.98 Å². The molecule has 1 aliphatic heterocycles. The largest absolute Gasteiger partial charge is 0.386 e. The van der Waals surface area contributed by atoms with Crippen molar-refractivity contribution < 1.29 is 14.6 Å². The molecule has 0 unspecified atom stereocenters. The Morgan fingerprint density at radius 3 is 2.27 bits per heavy atom. The summed E-state index contributed by atoms with van der Waals surface area (Å²) in [5.74, 6) is -0.527. The van der Waals surface area contributed by atoms with Crippen LogP contribution in [-0.4, -0.2) is 29.1 Å². The standard InChI is InChI=1S/C16H22N2O4/c1-14(2,19)12-3-4-13(17-11-12)15(18-20)5-7-16(8-6-15)21-9-10-22-16/h3-4,11,19H,5-10H2,1-2H3. The normalized spacial score (nSPS) is 23.6. The number of hydrogen-bond donors (Lipinski definition) is 1. The molecule has 120 valence electrons. The second-order valence-electron chi connectivity index (χ2n) is 6.72. The first-order valence-corrected chi connectivity index (χ1v) is 7.71. The van der Waals surface area contributed by atoms with Crippen molar-refractivity contribution in [3.8, 4) is 0 Å². The van der Waals surface area contributed by atoms with Crippen LogP contribution in [0.15, 0.2) is 23.5 Å². The quantitative estimate of drug-likeness (QED) is 0.868. The Balaban J connectivity index is 1.81. The highest BCUT2D eigenvalue weighted by atomic mass is 16.7. The molecule has 1 spiro atoms. The van der Waals surface area contributed by atoms with Crippen molar-refractivity contribution in [3.63, 3.8) is 0 Å². The van der Waals surface area contributed by atoms with E-state index in [9.17, 15) is 10.0 Å². The van der Waals surface area contributed by atoms with E-state index >= 15 is 0 Å². The lowest BCUT2D eigenvalue weighted by atomic mass is 9.77. The van der Waals surface area contributed by atoms with Gasteiger partial charge in [0.15, 0.2) is 5.79 Å². The lowest BCUT2D eigenvalue weighted by molar-refractivity contribution is -0.185. The topological polar surface area (TPSA) is 81.0 Å². The SMILES string of the molecule is CC(C)(O)c1ccc(C2(N=O)CCC3(CC2)OCCO3)nc1. The molecule has 1 aromatic rings. The minimum absolute atomic E-state index is 0.527. The first-order chi connectivity index (χ1) is 10.4. The molecule has 2 heterocycles. The van der Waals surface area contributed by atoms with Gasteiger partial charge < -0.3 is 14.6 Å². The minimum Gasteiger partial charge on any atom is -0.386 e. The number of aromatic nitrogens is 1. The summed E-state index contributed by atoms with van der Waals surface area (Å²) < 4.78 is 11.4. The molecule has 0 aromatic carbocycles. The lowest BCUT2D eigenvalue weighted by Crippen LogP contribution is -2.41. The number of pyridine rings is 1. The van der Waals surface area contributed by atoms with Gasteiger partial charge in [-0.15, -0.1) is 4.91 Å². The van der Waals surface area contributed by atoms with Gasteiger partial charge in [0.05, 0.1) is 24.5 Å². The lowest BCUT2D eigenvalue weighted by Gasteiger charge is -2.39. The maximum atomic E-state index is 11.5. The van der Waals surface area contributed by atoms with Crippen LogP contribution >= 0.6 is 0 Å². The Kier molecular flexibility index (Phi) is 3.79. The van der Waals surface area contributed by atoms with Crippen molar-refractivity contribution in [1.82, 2.24) is 4.98 Å². The maximum Gasteiger partial charge on any atom is 0.168 e. The average molecular weight is 306 g/mol. The van der Waals surface area contributed by atoms with Crippen LogP contribution in [0.5, 0.6) is 0 Å². The fourth-order valence-corrected chi connectivity index (χ4v) is 3.26. The molecule has 1 aromatic heterocycles. The number of nitrogens with zero attached hydrogens (tertiary/aromatic N) is 2. The number of ether oxygens (including phenoxy) is 2. The number of nitroso groups, excluding NO2 is 1. The Morgan fingerprint density at radius 1 is 1.18 bits per heavy atom. The summed E-state index contributed by atoms with van der Waals surface area (Å²) in [6.45, 7) is 4.63. The minimum atomic E-state index is -0.949. The summed E-state index contributed by atoms with van der Waals surface area (Å²) in [7, 11) is 0. The van der Waals surface area contributed by atoms with Crippen LogP contribution in [0.1, 0.15) is 50.8 Å². The smallest absolute Gasteiger partial charge is 0.168 e. The van der Waals surface area contributed by atoms with Crippen molar-refractivity contribution in [2.24, 2.45) is 5.18 Å². The zero-order valence-electron chi connectivity index (χ0n) is 13.0. The molecular weight excluding hydrogens is 284 g/mol. The highest BCUT2D eigenvalue weighted by molar-refractivity contribution is 5.25. The van der Waals surface area contributed by atoms with Gasteiger partial charge in [0.25, 0.3) is 0 Å². The van der Waals surface area contributed by atoms with Crippen LogP contribution in [0.25, 0.3) is 0 Å². The van der Waals surface area contributed by atoms with Crippen LogP contribution in [0, 0.1) is 4.91 Å². The molecule has 0 atom stereocenters. The van der Waals surface area contributed by atoms with Gasteiger partial charge in [0.1, 0.15) is 5.54 Å². The van der Waals surface area contributed by atoms with Gasteiger partial charge in [-0.25, -0.2) is 0 Å². The Bertz CT molecular complexity index is 534. The summed E-state index contributed by atoms with van der Waals surface area (Å²) >= 11 is 0. The molecule has 6 nitrogen and oxygen atoms in total. The van der Waals surface area contributed by atoms with Crippen LogP contribution in [0.3, 0.4) is 0 Å². The molecule has 2 fully saturated rings. The fraction of sp³-hybridized carbons (Fsp3) is 0.688. The first kappa shape index (κ1) is 15.5. The monoisotopic (exact) mass is 306 g/mol. The fourth-order valence-electron chi connectivity index (χ4n) is 3.26. The summed E-state index contributed by atoms with van der Waals surface area (Å²) in [6.07, 6.45) is 4.03. The average Bonchev–Trinajstić information content (AvgIpc) is 2.96. The van der Waals surface area contributed by atoms with E-state index in [-0.39, 0.29) is 0 Å². The summed E-state index contributed by atoms with van der Waals surface area (Å²) in [4.78, 5) is 15.9. The van der Waals surface area contributed by atoms with E-state index < -0.39 is 16.9 Å². The molecule has 1 N–H and O–H groups in total. The van der Waals surface area contributed by atoms with Gasteiger partial charge in [-0.05, 0) is 32.8 Å². The second-order valence-corrected chi connectivity index (χ2v) is 6.72. The van der Waals surface area contributed by atoms with E-state index in [0.717, 1.165) is 0 Å². The highest BCUT2D eigenvalue weighted by Crippen LogP contribution is 2.46. The van der Waals surface area contributed by atoms with E-state index in [2.05, 4.69) is 10.2 Å². The zero-order chi connectivity index (χ0) is 15.8. The number of rotatable bonds is 3. The summed E-state index contributed by atoms with van der Waals surface area (Å²) in [5, 5.41) is 13.4.